The summed E-state index contributed by atoms with van der Waals surface area (Å²) in [5.41, 5.74) is 0. The number of ether oxygens (including phenoxy) is 1. The number of likely N-dealkylation sites (tertiary alicyclic amines) is 1. The lowest BCUT2D eigenvalue weighted by Gasteiger charge is -2.34. The van der Waals surface area contributed by atoms with Gasteiger partial charge in [-0.1, -0.05) is 17.8 Å². The number of carbonyl (C=O) groups excluding carboxylic acids is 1. The fraction of sp³-hybridized carbons (Fsp3) is 0.727. The molecule has 0 amide bonds. The van der Waals surface area contributed by atoms with Crippen LogP contribution in [0.1, 0.15) is 30.7 Å². The third-order valence-corrected chi connectivity index (χ3v) is 4.16. The molecule has 0 radical (unpaired) electrons. The number of carbonyl (C=O) groups is 1. The molecular weight excluding hydrogens is 274 g/mol. The minimum absolute atomic E-state index is 0.151. The minimum Gasteiger partial charge on any atom is -0.469 e. The van der Waals surface area contributed by atoms with Gasteiger partial charge in [0.25, 0.3) is 0 Å². The van der Waals surface area contributed by atoms with E-state index in [-0.39, 0.29) is 12.0 Å². The van der Waals surface area contributed by atoms with Crippen molar-refractivity contribution in [2.75, 3.05) is 13.7 Å². The van der Waals surface area contributed by atoms with E-state index in [1.165, 1.54) is 18.4 Å². The average Bonchev–Trinajstić information content (AvgIpc) is 2.77. The molecule has 100 valence electrons. The third kappa shape index (κ3) is 3.63. The molecule has 0 saturated carbocycles. The second-order valence-corrected chi connectivity index (χ2v) is 5.99. The Bertz CT molecular complexity index is 413. The smallest absolute Gasteiger partial charge is 0.307 e. The first-order valence-electron chi connectivity index (χ1n) is 5.98. The summed E-state index contributed by atoms with van der Waals surface area (Å²) in [5.74, 6) is -0.151. The normalized spacial score (nSPS) is 20.9. The van der Waals surface area contributed by atoms with Gasteiger partial charge in [0.15, 0.2) is 0 Å². The molecule has 1 aromatic rings. The highest BCUT2D eigenvalue weighted by atomic mass is 35.5. The molecule has 18 heavy (non-hydrogen) atoms. The maximum absolute atomic E-state index is 11.4. The summed E-state index contributed by atoms with van der Waals surface area (Å²) in [5, 5.41) is 8.72. The van der Waals surface area contributed by atoms with Crippen molar-refractivity contribution in [3.63, 3.8) is 0 Å². The van der Waals surface area contributed by atoms with Gasteiger partial charge in [-0.3, -0.25) is 9.69 Å². The van der Waals surface area contributed by atoms with Crippen LogP contribution in [-0.2, 0) is 16.1 Å². The largest absolute Gasteiger partial charge is 0.469 e. The maximum Gasteiger partial charge on any atom is 0.307 e. The lowest BCUT2D eigenvalue weighted by Crippen LogP contribution is -2.40. The fourth-order valence-corrected chi connectivity index (χ4v) is 3.14. The summed E-state index contributed by atoms with van der Waals surface area (Å²) in [4.78, 5) is 13.7. The Kier molecular flexibility index (Phi) is 4.91. The van der Waals surface area contributed by atoms with Crippen LogP contribution in [0, 0.1) is 0 Å². The lowest BCUT2D eigenvalue weighted by molar-refractivity contribution is -0.142. The van der Waals surface area contributed by atoms with E-state index in [1.54, 1.807) is 0 Å². The number of hydrogen-bond acceptors (Lipinski definition) is 6. The predicted octanol–water partition coefficient (Wildman–Crippen LogP) is 2.11. The first kappa shape index (κ1) is 13.7. The van der Waals surface area contributed by atoms with Crippen molar-refractivity contribution >= 4 is 28.9 Å². The van der Waals surface area contributed by atoms with Crippen LogP contribution in [0.2, 0.25) is 4.47 Å². The van der Waals surface area contributed by atoms with E-state index in [1.807, 2.05) is 0 Å². The standard InChI is InChI=1S/C11H16ClN3O2S/c1-17-10(16)6-8-4-2-3-5-15(8)7-9-13-14-11(12)18-9/h8H,2-7H2,1H3. The maximum atomic E-state index is 11.4. The monoisotopic (exact) mass is 289 g/mol. The van der Waals surface area contributed by atoms with Crippen LogP contribution < -0.4 is 0 Å². The van der Waals surface area contributed by atoms with Crippen molar-refractivity contribution in [1.82, 2.24) is 15.1 Å². The van der Waals surface area contributed by atoms with Gasteiger partial charge in [-0.15, -0.1) is 10.2 Å². The third-order valence-electron chi connectivity index (χ3n) is 3.16. The highest BCUT2D eigenvalue weighted by Gasteiger charge is 2.25. The molecule has 1 aliphatic heterocycles. The Morgan fingerprint density at radius 3 is 3.06 bits per heavy atom. The van der Waals surface area contributed by atoms with E-state index in [9.17, 15) is 4.79 Å². The summed E-state index contributed by atoms with van der Waals surface area (Å²) in [7, 11) is 1.43. The van der Waals surface area contributed by atoms with Gasteiger partial charge in [0.05, 0.1) is 20.1 Å². The van der Waals surface area contributed by atoms with Crippen LogP contribution in [0.5, 0.6) is 0 Å². The molecule has 1 unspecified atom stereocenters. The minimum atomic E-state index is -0.151. The van der Waals surface area contributed by atoms with Gasteiger partial charge in [0.2, 0.25) is 4.47 Å². The van der Waals surface area contributed by atoms with Crippen LogP contribution in [0.15, 0.2) is 0 Å². The second-order valence-electron chi connectivity index (χ2n) is 4.35. The quantitative estimate of drug-likeness (QED) is 0.795. The molecule has 5 nitrogen and oxygen atoms in total. The number of methoxy groups -OCH3 is 1. The lowest BCUT2D eigenvalue weighted by atomic mass is 9.99. The van der Waals surface area contributed by atoms with Crippen molar-refractivity contribution in [3.8, 4) is 0 Å². The second kappa shape index (κ2) is 6.45. The number of halogens is 1. The van der Waals surface area contributed by atoms with Crippen LogP contribution >= 0.6 is 22.9 Å². The molecule has 1 aromatic heterocycles. The molecule has 1 aliphatic rings. The zero-order valence-electron chi connectivity index (χ0n) is 10.3. The topological polar surface area (TPSA) is 55.3 Å². The Morgan fingerprint density at radius 1 is 1.56 bits per heavy atom. The molecule has 1 fully saturated rings. The van der Waals surface area contributed by atoms with Crippen molar-refractivity contribution < 1.29 is 9.53 Å². The van der Waals surface area contributed by atoms with Gasteiger partial charge in [-0.25, -0.2) is 0 Å². The molecule has 7 heteroatoms. The summed E-state index contributed by atoms with van der Waals surface area (Å²) < 4.78 is 5.21. The van der Waals surface area contributed by atoms with Crippen molar-refractivity contribution in [3.05, 3.63) is 9.47 Å². The Labute approximate surface area is 115 Å². The SMILES string of the molecule is COC(=O)CC1CCCCN1Cc1nnc(Cl)s1. The van der Waals surface area contributed by atoms with E-state index in [0.29, 0.717) is 17.4 Å². The first-order valence-corrected chi connectivity index (χ1v) is 7.17. The Hall–Kier alpha value is -0.720. The fourth-order valence-electron chi connectivity index (χ4n) is 2.25. The van der Waals surface area contributed by atoms with Crippen LogP contribution in [-0.4, -0.2) is 40.8 Å². The molecule has 1 atom stereocenters. The van der Waals surface area contributed by atoms with Gasteiger partial charge < -0.3 is 4.74 Å². The molecule has 0 bridgehead atoms. The highest BCUT2D eigenvalue weighted by Crippen LogP contribution is 2.24. The van der Waals surface area contributed by atoms with Gasteiger partial charge in [0.1, 0.15) is 5.01 Å². The van der Waals surface area contributed by atoms with Crippen molar-refractivity contribution in [1.29, 1.82) is 0 Å². The molecule has 0 aromatic carbocycles. The number of rotatable bonds is 4. The van der Waals surface area contributed by atoms with Crippen LogP contribution in [0.4, 0.5) is 0 Å². The molecule has 0 aliphatic carbocycles. The van der Waals surface area contributed by atoms with Crippen LogP contribution in [0.25, 0.3) is 0 Å². The summed E-state index contributed by atoms with van der Waals surface area (Å²) >= 11 is 7.17. The van der Waals surface area contributed by atoms with Crippen molar-refractivity contribution in [2.24, 2.45) is 0 Å². The van der Waals surface area contributed by atoms with E-state index < -0.39 is 0 Å². The number of hydrogen-bond donors (Lipinski definition) is 0. The van der Waals surface area contributed by atoms with Crippen molar-refractivity contribution in [2.45, 2.75) is 38.3 Å². The number of piperidine rings is 1. The van der Waals surface area contributed by atoms with E-state index in [0.717, 1.165) is 30.8 Å². The Morgan fingerprint density at radius 2 is 2.39 bits per heavy atom. The molecule has 0 spiro atoms. The van der Waals surface area contributed by atoms with Gasteiger partial charge >= 0.3 is 5.97 Å². The summed E-state index contributed by atoms with van der Waals surface area (Å²) in [6.45, 7) is 1.70. The summed E-state index contributed by atoms with van der Waals surface area (Å²) in [6.07, 6.45) is 3.80. The van der Waals surface area contributed by atoms with Gasteiger partial charge in [-0.05, 0) is 31.0 Å². The Balaban J connectivity index is 1.96. The van der Waals surface area contributed by atoms with E-state index >= 15 is 0 Å². The van der Waals surface area contributed by atoms with Gasteiger partial charge in [-0.2, -0.15) is 0 Å². The number of nitrogens with zero attached hydrogens (tertiary/aromatic N) is 3. The molecule has 1 saturated heterocycles. The first-order chi connectivity index (χ1) is 8.69. The summed E-state index contributed by atoms with van der Waals surface area (Å²) in [6, 6.07) is 0.244. The zero-order chi connectivity index (χ0) is 13.0. The number of aromatic nitrogens is 2. The number of esters is 1. The van der Waals surface area contributed by atoms with E-state index in [4.69, 9.17) is 16.3 Å². The molecule has 2 rings (SSSR count). The predicted molar refractivity (Wildman–Crippen MR) is 69.6 cm³/mol. The molecular formula is C11H16ClN3O2S. The molecule has 2 heterocycles. The van der Waals surface area contributed by atoms with Crippen LogP contribution in [0.3, 0.4) is 0 Å². The zero-order valence-corrected chi connectivity index (χ0v) is 11.8. The van der Waals surface area contributed by atoms with Gasteiger partial charge in [0, 0.05) is 6.04 Å². The average molecular weight is 290 g/mol. The highest BCUT2D eigenvalue weighted by molar-refractivity contribution is 7.15. The van der Waals surface area contributed by atoms with E-state index in [2.05, 4.69) is 15.1 Å². The molecule has 0 N–H and O–H groups in total.